The quantitative estimate of drug-likeness (QED) is 0.730. The van der Waals surface area contributed by atoms with Crippen molar-refractivity contribution in [3.05, 3.63) is 18.1 Å². The molecule has 110 valence electrons. The average molecular weight is 289 g/mol. The second-order valence-corrected chi connectivity index (χ2v) is 5.00. The third-order valence-corrected chi connectivity index (χ3v) is 3.28. The topological polar surface area (TPSA) is 131 Å². The van der Waals surface area contributed by atoms with Crippen LogP contribution in [0, 0.1) is 17.2 Å². The zero-order chi connectivity index (χ0) is 15.5. The van der Waals surface area contributed by atoms with E-state index in [1.54, 1.807) is 6.92 Å². The zero-order valence-electron chi connectivity index (χ0n) is 11.5. The van der Waals surface area contributed by atoms with E-state index in [1.165, 1.54) is 12.4 Å². The molecule has 1 heterocycles. The highest BCUT2D eigenvalue weighted by Gasteiger charge is 2.43. The van der Waals surface area contributed by atoms with Gasteiger partial charge in [0.2, 0.25) is 0 Å². The summed E-state index contributed by atoms with van der Waals surface area (Å²) in [6.07, 6.45) is 4.44. The van der Waals surface area contributed by atoms with E-state index < -0.39 is 24.0 Å². The minimum Gasteiger partial charge on any atom is -0.451 e. The van der Waals surface area contributed by atoms with Crippen molar-refractivity contribution in [1.82, 2.24) is 15.3 Å². The molecule has 21 heavy (non-hydrogen) atoms. The van der Waals surface area contributed by atoms with Gasteiger partial charge in [-0.25, -0.2) is 14.8 Å². The molecule has 8 heteroatoms. The first kappa shape index (κ1) is 14.7. The molecule has 1 aromatic rings. The number of amides is 1. The summed E-state index contributed by atoms with van der Waals surface area (Å²) in [4.78, 5) is 30.9. The van der Waals surface area contributed by atoms with Gasteiger partial charge in [0, 0.05) is 12.4 Å². The van der Waals surface area contributed by atoms with Crippen molar-refractivity contribution in [2.45, 2.75) is 25.3 Å². The molecule has 0 saturated heterocycles. The third kappa shape index (κ3) is 3.45. The van der Waals surface area contributed by atoms with Gasteiger partial charge in [-0.3, -0.25) is 4.79 Å². The Morgan fingerprint density at radius 3 is 2.76 bits per heavy atom. The maximum atomic E-state index is 11.8. The van der Waals surface area contributed by atoms with E-state index >= 15 is 0 Å². The van der Waals surface area contributed by atoms with Crippen molar-refractivity contribution in [2.75, 3.05) is 12.3 Å². The maximum Gasteiger partial charge on any atom is 0.361 e. The molecule has 0 aromatic carbocycles. The minimum atomic E-state index is -0.922. The monoisotopic (exact) mass is 289 g/mol. The van der Waals surface area contributed by atoms with Gasteiger partial charge in [0.25, 0.3) is 5.91 Å². The number of nitrogens with zero attached hydrogens (tertiary/aromatic N) is 3. The summed E-state index contributed by atoms with van der Waals surface area (Å²) < 4.78 is 4.82. The molecule has 1 aliphatic rings. The number of carbonyl (C=O) groups is 2. The van der Waals surface area contributed by atoms with Gasteiger partial charge in [-0.15, -0.1) is 0 Å². The first-order chi connectivity index (χ1) is 9.96. The number of ether oxygens (including phenoxy) is 1. The van der Waals surface area contributed by atoms with Crippen LogP contribution in [-0.2, 0) is 9.53 Å². The summed E-state index contributed by atoms with van der Waals surface area (Å²) in [5, 5.41) is 11.7. The van der Waals surface area contributed by atoms with Crippen molar-refractivity contribution in [2.24, 2.45) is 5.92 Å². The molecular weight excluding hydrogens is 274 g/mol. The van der Waals surface area contributed by atoms with Crippen LogP contribution in [0.25, 0.3) is 0 Å². The van der Waals surface area contributed by atoms with Gasteiger partial charge in [-0.1, -0.05) is 0 Å². The highest BCUT2D eigenvalue weighted by molar-refractivity contribution is 5.93. The van der Waals surface area contributed by atoms with Crippen molar-refractivity contribution < 1.29 is 14.3 Å². The number of hydrogen-bond donors (Lipinski definition) is 2. The van der Waals surface area contributed by atoms with Crippen LogP contribution in [0.3, 0.4) is 0 Å². The predicted molar refractivity (Wildman–Crippen MR) is 71.6 cm³/mol. The van der Waals surface area contributed by atoms with Gasteiger partial charge in [0.15, 0.2) is 18.1 Å². The van der Waals surface area contributed by atoms with Gasteiger partial charge in [0.05, 0.1) is 6.07 Å². The molecule has 1 fully saturated rings. The number of nitriles is 1. The lowest BCUT2D eigenvalue weighted by Crippen LogP contribution is -2.48. The Morgan fingerprint density at radius 1 is 1.52 bits per heavy atom. The summed E-state index contributed by atoms with van der Waals surface area (Å²) in [6.45, 7) is 1.16. The first-order valence-electron chi connectivity index (χ1n) is 6.42. The van der Waals surface area contributed by atoms with E-state index in [2.05, 4.69) is 21.4 Å². The van der Waals surface area contributed by atoms with Crippen LogP contribution in [-0.4, -0.2) is 34.0 Å². The normalized spacial score (nSPS) is 16.4. The highest BCUT2D eigenvalue weighted by atomic mass is 16.5. The first-order valence-corrected chi connectivity index (χ1v) is 6.42. The molecule has 0 aliphatic heterocycles. The van der Waals surface area contributed by atoms with E-state index in [9.17, 15) is 9.59 Å². The van der Waals surface area contributed by atoms with Crippen molar-refractivity contribution >= 4 is 17.7 Å². The van der Waals surface area contributed by atoms with Gasteiger partial charge in [0.1, 0.15) is 5.54 Å². The summed E-state index contributed by atoms with van der Waals surface area (Å²) >= 11 is 0. The number of nitrogen functional groups attached to an aromatic ring is 1. The summed E-state index contributed by atoms with van der Waals surface area (Å²) in [5.74, 6) is -1.29. The van der Waals surface area contributed by atoms with Gasteiger partial charge >= 0.3 is 5.97 Å². The van der Waals surface area contributed by atoms with Crippen LogP contribution >= 0.6 is 0 Å². The second-order valence-electron chi connectivity index (χ2n) is 5.00. The molecule has 0 bridgehead atoms. The molecule has 1 aromatic heterocycles. The minimum absolute atomic E-state index is 0.0669. The van der Waals surface area contributed by atoms with E-state index in [0.29, 0.717) is 0 Å². The average Bonchev–Trinajstić information content (AvgIpc) is 3.30. The SMILES string of the molecule is C[C@@](C#N)(NC(=O)COC(=O)c1nccnc1N)C1CC1. The zero-order valence-corrected chi connectivity index (χ0v) is 11.5. The molecule has 1 atom stereocenters. The molecule has 1 aliphatic carbocycles. The number of nitrogens with two attached hydrogens (primary N) is 1. The molecule has 8 nitrogen and oxygen atoms in total. The van der Waals surface area contributed by atoms with Crippen molar-refractivity contribution in [3.8, 4) is 6.07 Å². The Labute approximate surface area is 121 Å². The van der Waals surface area contributed by atoms with Crippen LogP contribution in [0.2, 0.25) is 0 Å². The Balaban J connectivity index is 1.88. The lowest BCUT2D eigenvalue weighted by atomic mass is 9.98. The van der Waals surface area contributed by atoms with Gasteiger partial charge in [-0.05, 0) is 25.7 Å². The van der Waals surface area contributed by atoms with Crippen LogP contribution in [0.4, 0.5) is 5.82 Å². The Hall–Kier alpha value is -2.69. The molecule has 0 radical (unpaired) electrons. The Morgan fingerprint density at radius 2 is 2.19 bits per heavy atom. The lowest BCUT2D eigenvalue weighted by Gasteiger charge is -2.22. The fourth-order valence-electron chi connectivity index (χ4n) is 1.91. The van der Waals surface area contributed by atoms with Gasteiger partial charge in [-0.2, -0.15) is 5.26 Å². The Bertz CT molecular complexity index is 608. The fraction of sp³-hybridized carbons (Fsp3) is 0.462. The number of hydrogen-bond acceptors (Lipinski definition) is 7. The summed E-state index contributed by atoms with van der Waals surface area (Å²) in [5.41, 5.74) is 4.42. The second kappa shape index (κ2) is 5.75. The number of anilines is 1. The molecule has 0 unspecified atom stereocenters. The molecule has 1 saturated carbocycles. The van der Waals surface area contributed by atoms with E-state index in [0.717, 1.165) is 12.8 Å². The number of nitrogens with one attached hydrogen (secondary N) is 1. The summed E-state index contributed by atoms with van der Waals surface area (Å²) in [6, 6.07) is 2.08. The summed E-state index contributed by atoms with van der Waals surface area (Å²) in [7, 11) is 0. The maximum absolute atomic E-state index is 11.8. The third-order valence-electron chi connectivity index (χ3n) is 3.28. The smallest absolute Gasteiger partial charge is 0.361 e. The van der Waals surface area contributed by atoms with E-state index in [4.69, 9.17) is 15.7 Å². The van der Waals surface area contributed by atoms with Crippen molar-refractivity contribution in [3.63, 3.8) is 0 Å². The number of esters is 1. The molecule has 1 amide bonds. The van der Waals surface area contributed by atoms with Crippen molar-refractivity contribution in [1.29, 1.82) is 5.26 Å². The highest BCUT2D eigenvalue weighted by Crippen LogP contribution is 2.39. The van der Waals surface area contributed by atoms with Gasteiger partial charge < -0.3 is 15.8 Å². The predicted octanol–water partition coefficient (Wildman–Crippen LogP) is 0.0241. The number of aromatic nitrogens is 2. The standard InChI is InChI=1S/C13H15N5O3/c1-13(7-14,8-2-3-8)18-9(19)6-21-12(20)10-11(15)17-5-4-16-10/h4-5,8H,2-3,6H2,1H3,(H2,15,17)(H,18,19)/t13-/m0/s1. The number of rotatable bonds is 5. The molecular formula is C13H15N5O3. The van der Waals surface area contributed by atoms with E-state index in [-0.39, 0.29) is 17.4 Å². The molecule has 2 rings (SSSR count). The van der Waals surface area contributed by atoms with Crippen LogP contribution in [0.1, 0.15) is 30.3 Å². The van der Waals surface area contributed by atoms with Crippen LogP contribution in [0.15, 0.2) is 12.4 Å². The number of carbonyl (C=O) groups excluding carboxylic acids is 2. The molecule has 0 spiro atoms. The largest absolute Gasteiger partial charge is 0.451 e. The van der Waals surface area contributed by atoms with Crippen LogP contribution in [0.5, 0.6) is 0 Å². The van der Waals surface area contributed by atoms with Crippen LogP contribution < -0.4 is 11.1 Å². The van der Waals surface area contributed by atoms with E-state index in [1.807, 2.05) is 0 Å². The lowest BCUT2D eigenvalue weighted by molar-refractivity contribution is -0.125. The fourth-order valence-corrected chi connectivity index (χ4v) is 1.91. The Kier molecular flexibility index (Phi) is 4.03. The molecule has 3 N–H and O–H groups in total.